The molecule has 1 fully saturated rings. The van der Waals surface area contributed by atoms with E-state index in [0.717, 1.165) is 27.1 Å². The van der Waals surface area contributed by atoms with Gasteiger partial charge in [0.25, 0.3) is 0 Å². The van der Waals surface area contributed by atoms with Gasteiger partial charge in [0.2, 0.25) is 5.91 Å². The Kier molecular flexibility index (Phi) is 4.06. The number of halogens is 1. The second-order valence-electron chi connectivity index (χ2n) is 4.61. The molecule has 2 aliphatic heterocycles. The van der Waals surface area contributed by atoms with Gasteiger partial charge in [-0.25, -0.2) is 4.79 Å². The maximum atomic E-state index is 11.9. The first-order chi connectivity index (χ1) is 9.67. The van der Waals surface area contributed by atoms with E-state index in [2.05, 4.69) is 27.9 Å². The van der Waals surface area contributed by atoms with Crippen LogP contribution in [0.25, 0.3) is 0 Å². The highest BCUT2D eigenvalue weighted by Crippen LogP contribution is 2.35. The number of carbonyl (C=O) groups is 2. The van der Waals surface area contributed by atoms with Crippen LogP contribution in [-0.2, 0) is 9.53 Å². The monoisotopic (exact) mass is 404 g/mol. The summed E-state index contributed by atoms with van der Waals surface area (Å²) in [6.45, 7) is 0.571. The molecular formula is C13H13IN2O3S. The zero-order valence-electron chi connectivity index (χ0n) is 10.6. The van der Waals surface area contributed by atoms with Crippen LogP contribution in [0.3, 0.4) is 0 Å². The lowest BCUT2D eigenvalue weighted by Crippen LogP contribution is -2.25. The molecule has 0 saturated carbocycles. The van der Waals surface area contributed by atoms with E-state index in [4.69, 9.17) is 4.74 Å². The predicted molar refractivity (Wildman–Crippen MR) is 86.9 cm³/mol. The number of alkyl halides is 1. The normalized spacial score (nSPS) is 21.4. The molecule has 2 aliphatic rings. The van der Waals surface area contributed by atoms with Crippen molar-refractivity contribution in [3.63, 3.8) is 0 Å². The zero-order chi connectivity index (χ0) is 14.1. The molecule has 3 rings (SSSR count). The van der Waals surface area contributed by atoms with Gasteiger partial charge in [0.1, 0.15) is 6.10 Å². The second-order valence-corrected chi connectivity index (χ2v) is 6.71. The highest BCUT2D eigenvalue weighted by Gasteiger charge is 2.32. The van der Waals surface area contributed by atoms with Gasteiger partial charge in [-0.1, -0.05) is 22.6 Å². The Hall–Kier alpha value is -0.960. The summed E-state index contributed by atoms with van der Waals surface area (Å²) < 4.78 is 6.28. The highest BCUT2D eigenvalue weighted by molar-refractivity contribution is 14.1. The SMILES string of the molecule is O=C1CSc2ccc(N3C[C@@H](CCI)OC3=O)cc2N1. The van der Waals surface area contributed by atoms with E-state index in [1.807, 2.05) is 18.2 Å². The molecule has 0 bridgehead atoms. The molecule has 2 heterocycles. The smallest absolute Gasteiger partial charge is 0.414 e. The van der Waals surface area contributed by atoms with Crippen LogP contribution >= 0.6 is 34.4 Å². The van der Waals surface area contributed by atoms with Crippen molar-refractivity contribution in [1.82, 2.24) is 0 Å². The number of hydrogen-bond acceptors (Lipinski definition) is 4. The van der Waals surface area contributed by atoms with Crippen LogP contribution in [0.4, 0.5) is 16.2 Å². The number of carbonyl (C=O) groups excluding carboxylic acids is 2. The summed E-state index contributed by atoms with van der Waals surface area (Å²) in [4.78, 5) is 26.0. The van der Waals surface area contributed by atoms with Crippen LogP contribution in [0.1, 0.15) is 6.42 Å². The van der Waals surface area contributed by atoms with Gasteiger partial charge in [-0.3, -0.25) is 9.69 Å². The number of hydrogen-bond donors (Lipinski definition) is 1. The number of thioether (sulfide) groups is 1. The molecule has 7 heteroatoms. The molecular weight excluding hydrogens is 391 g/mol. The Bertz CT molecular complexity index is 567. The molecule has 1 aromatic rings. The minimum atomic E-state index is -0.311. The molecule has 0 aliphatic carbocycles. The highest BCUT2D eigenvalue weighted by atomic mass is 127. The number of nitrogens with one attached hydrogen (secondary N) is 1. The van der Waals surface area contributed by atoms with E-state index < -0.39 is 0 Å². The number of fused-ring (bicyclic) bond motifs is 1. The first kappa shape index (κ1) is 14.0. The number of rotatable bonds is 3. The second kappa shape index (κ2) is 5.80. The third-order valence-corrected chi connectivity index (χ3v) is 4.91. The summed E-state index contributed by atoms with van der Waals surface area (Å²) in [5.41, 5.74) is 1.54. The molecule has 0 spiro atoms. The molecule has 1 atom stereocenters. The van der Waals surface area contributed by atoms with Crippen LogP contribution in [0.15, 0.2) is 23.1 Å². The third-order valence-electron chi connectivity index (χ3n) is 3.21. The number of nitrogens with zero attached hydrogens (tertiary/aromatic N) is 1. The number of cyclic esters (lactones) is 1. The Morgan fingerprint density at radius 2 is 2.30 bits per heavy atom. The number of benzene rings is 1. The third kappa shape index (κ3) is 2.73. The van der Waals surface area contributed by atoms with Crippen LogP contribution in [0.2, 0.25) is 0 Å². The number of ether oxygens (including phenoxy) is 1. The average molecular weight is 404 g/mol. The van der Waals surface area contributed by atoms with Gasteiger partial charge >= 0.3 is 6.09 Å². The minimum Gasteiger partial charge on any atom is -0.444 e. The molecule has 0 radical (unpaired) electrons. The fourth-order valence-electron chi connectivity index (χ4n) is 2.24. The minimum absolute atomic E-state index is 0.00793. The molecule has 2 amide bonds. The predicted octanol–water partition coefficient (Wildman–Crippen LogP) is 2.88. The summed E-state index contributed by atoms with van der Waals surface area (Å²) in [6.07, 6.45) is 0.509. The first-order valence-electron chi connectivity index (χ1n) is 6.28. The first-order valence-corrected chi connectivity index (χ1v) is 8.79. The Morgan fingerprint density at radius 1 is 1.45 bits per heavy atom. The Balaban J connectivity index is 1.82. The summed E-state index contributed by atoms with van der Waals surface area (Å²) in [6, 6.07) is 5.68. The number of amides is 2. The van der Waals surface area contributed by atoms with Gasteiger partial charge in [-0.15, -0.1) is 11.8 Å². The lowest BCUT2D eigenvalue weighted by molar-refractivity contribution is -0.113. The van der Waals surface area contributed by atoms with Crippen LogP contribution in [-0.4, -0.2) is 34.8 Å². The topological polar surface area (TPSA) is 58.6 Å². The van der Waals surface area contributed by atoms with E-state index in [-0.39, 0.29) is 18.1 Å². The van der Waals surface area contributed by atoms with E-state index in [1.165, 1.54) is 11.8 Å². The van der Waals surface area contributed by atoms with E-state index in [1.54, 1.807) is 4.90 Å². The van der Waals surface area contributed by atoms with Crippen molar-refractivity contribution in [2.75, 3.05) is 26.9 Å². The van der Waals surface area contributed by atoms with Crippen LogP contribution in [0, 0.1) is 0 Å². The maximum Gasteiger partial charge on any atom is 0.414 e. The van der Waals surface area contributed by atoms with Gasteiger partial charge in [0, 0.05) is 15.0 Å². The van der Waals surface area contributed by atoms with Gasteiger partial charge < -0.3 is 10.1 Å². The lowest BCUT2D eigenvalue weighted by atomic mass is 10.2. The average Bonchev–Trinajstić information content (AvgIpc) is 2.79. The van der Waals surface area contributed by atoms with Crippen molar-refractivity contribution in [3.05, 3.63) is 18.2 Å². The zero-order valence-corrected chi connectivity index (χ0v) is 13.6. The van der Waals surface area contributed by atoms with Gasteiger partial charge in [-0.2, -0.15) is 0 Å². The van der Waals surface area contributed by atoms with Crippen LogP contribution < -0.4 is 10.2 Å². The maximum absolute atomic E-state index is 11.9. The van der Waals surface area contributed by atoms with Gasteiger partial charge in [-0.05, 0) is 24.6 Å². The van der Waals surface area contributed by atoms with E-state index in [9.17, 15) is 9.59 Å². The standard InChI is InChI=1S/C13H13IN2O3S/c14-4-3-9-6-16(13(18)19-9)8-1-2-11-10(5-8)15-12(17)7-20-11/h1-2,5,9H,3-4,6-7H2,(H,15,17)/t9-/m1/s1. The van der Waals surface area contributed by atoms with E-state index >= 15 is 0 Å². The summed E-state index contributed by atoms with van der Waals surface area (Å²) in [5, 5.41) is 2.84. The van der Waals surface area contributed by atoms with Crippen molar-refractivity contribution in [2.24, 2.45) is 0 Å². The van der Waals surface area contributed by atoms with E-state index in [0.29, 0.717) is 12.3 Å². The van der Waals surface area contributed by atoms with Gasteiger partial charge in [0.05, 0.1) is 18.0 Å². The van der Waals surface area contributed by atoms with Crippen molar-refractivity contribution in [1.29, 1.82) is 0 Å². The summed E-state index contributed by atoms with van der Waals surface area (Å²) >= 11 is 3.79. The summed E-state index contributed by atoms with van der Waals surface area (Å²) in [7, 11) is 0. The van der Waals surface area contributed by atoms with Gasteiger partial charge in [0.15, 0.2) is 0 Å². The van der Waals surface area contributed by atoms with Crippen LogP contribution in [0.5, 0.6) is 0 Å². The molecule has 1 saturated heterocycles. The largest absolute Gasteiger partial charge is 0.444 e. The molecule has 106 valence electrons. The molecule has 0 aromatic heterocycles. The molecule has 20 heavy (non-hydrogen) atoms. The van der Waals surface area contributed by atoms with Crippen molar-refractivity contribution in [2.45, 2.75) is 17.4 Å². The van der Waals surface area contributed by atoms with Crippen molar-refractivity contribution < 1.29 is 14.3 Å². The molecule has 1 N–H and O–H groups in total. The Morgan fingerprint density at radius 3 is 3.10 bits per heavy atom. The molecule has 1 aromatic carbocycles. The quantitative estimate of drug-likeness (QED) is 0.622. The van der Waals surface area contributed by atoms with Crippen molar-refractivity contribution in [3.8, 4) is 0 Å². The number of anilines is 2. The molecule has 0 unspecified atom stereocenters. The molecule has 5 nitrogen and oxygen atoms in total. The summed E-state index contributed by atoms with van der Waals surface area (Å²) in [5.74, 6) is 0.432. The van der Waals surface area contributed by atoms with Crippen molar-refractivity contribution >= 4 is 57.7 Å². The Labute approximate surface area is 134 Å². The lowest BCUT2D eigenvalue weighted by Gasteiger charge is -2.19. The fraction of sp³-hybridized carbons (Fsp3) is 0.385. The fourth-order valence-corrected chi connectivity index (χ4v) is 3.73.